The molecule has 1 aliphatic carbocycles. The number of carbonyl (C=O) groups is 2. The summed E-state index contributed by atoms with van der Waals surface area (Å²) in [4.78, 5) is 29.3. The molecule has 4 aromatic rings. The predicted molar refractivity (Wildman–Crippen MR) is 143 cm³/mol. The molecule has 0 spiro atoms. The van der Waals surface area contributed by atoms with Crippen LogP contribution in [0.25, 0.3) is 11.1 Å². The first-order valence-electron chi connectivity index (χ1n) is 11.8. The van der Waals surface area contributed by atoms with E-state index in [2.05, 4.69) is 4.98 Å². The second-order valence-electron chi connectivity index (χ2n) is 8.76. The zero-order valence-electron chi connectivity index (χ0n) is 20.2. The lowest BCUT2D eigenvalue weighted by Gasteiger charge is -2.24. The number of aromatic nitrogens is 1. The lowest BCUT2D eigenvalue weighted by atomic mass is 9.98. The van der Waals surface area contributed by atoms with Crippen molar-refractivity contribution in [2.45, 2.75) is 23.5 Å². The van der Waals surface area contributed by atoms with Crippen molar-refractivity contribution in [1.82, 2.24) is 9.29 Å². The highest BCUT2D eigenvalue weighted by molar-refractivity contribution is 7.97. The predicted octanol–water partition coefficient (Wildman–Crippen LogP) is 8.02. The molecule has 1 amide bonds. The molecule has 0 aliphatic heterocycles. The quantitative estimate of drug-likeness (QED) is 0.167. The van der Waals surface area contributed by atoms with Crippen molar-refractivity contribution in [2.24, 2.45) is 0 Å². The second kappa shape index (κ2) is 11.1. The van der Waals surface area contributed by atoms with Gasteiger partial charge in [-0.05, 0) is 64.0 Å². The Kier molecular flexibility index (Phi) is 7.63. The molecule has 198 valence electrons. The number of halogens is 4. The third-order valence-electron chi connectivity index (χ3n) is 6.38. The Bertz CT molecular complexity index is 1500. The van der Waals surface area contributed by atoms with Gasteiger partial charge in [0.05, 0.1) is 17.0 Å². The Balaban J connectivity index is 1.45. The molecule has 10 heteroatoms. The summed E-state index contributed by atoms with van der Waals surface area (Å²) in [6.45, 7) is -0.511. The van der Waals surface area contributed by atoms with Crippen LogP contribution in [-0.2, 0) is 17.5 Å². The van der Waals surface area contributed by atoms with Crippen molar-refractivity contribution in [1.29, 1.82) is 0 Å². The molecule has 5 nitrogen and oxygen atoms in total. The standard InChI is InChI=1S/C29H20ClF3N2O3S/c30-20-9-10-26(29(31,32)33)19(13-20)15-35(39-27-14-34-12-11-18(27)16-36)28(37)38-17-25-23-7-3-1-5-21(23)22-6-2-4-8-24(22)25/h1-14,16,25H,15,17H2. The molecule has 1 aliphatic rings. The second-order valence-corrected chi connectivity index (χ2v) is 10.3. The summed E-state index contributed by atoms with van der Waals surface area (Å²) < 4.78 is 48.1. The molecular formula is C29H20ClF3N2O3S. The van der Waals surface area contributed by atoms with Gasteiger partial charge in [-0.3, -0.25) is 9.78 Å². The minimum Gasteiger partial charge on any atom is -0.448 e. The lowest BCUT2D eigenvalue weighted by molar-refractivity contribution is -0.138. The average Bonchev–Trinajstić information content (AvgIpc) is 3.24. The van der Waals surface area contributed by atoms with E-state index in [9.17, 15) is 22.8 Å². The van der Waals surface area contributed by atoms with Crippen LogP contribution >= 0.6 is 23.5 Å². The number of rotatable bonds is 7. The van der Waals surface area contributed by atoms with Gasteiger partial charge in [0.2, 0.25) is 0 Å². The minimum atomic E-state index is -4.67. The van der Waals surface area contributed by atoms with Gasteiger partial charge in [0, 0.05) is 28.9 Å². The fourth-order valence-corrected chi connectivity index (χ4v) is 5.70. The van der Waals surface area contributed by atoms with Gasteiger partial charge >= 0.3 is 12.3 Å². The fourth-order valence-electron chi connectivity index (χ4n) is 4.61. The van der Waals surface area contributed by atoms with E-state index in [0.717, 1.165) is 50.6 Å². The van der Waals surface area contributed by atoms with Gasteiger partial charge in [0.25, 0.3) is 0 Å². The van der Waals surface area contributed by atoms with E-state index in [1.807, 2.05) is 48.5 Å². The average molecular weight is 569 g/mol. The van der Waals surface area contributed by atoms with E-state index in [1.54, 1.807) is 0 Å². The highest BCUT2D eigenvalue weighted by Gasteiger charge is 2.35. The third kappa shape index (κ3) is 5.65. The smallest absolute Gasteiger partial charge is 0.420 e. The molecule has 0 saturated heterocycles. The Morgan fingerprint density at radius 1 is 1.03 bits per heavy atom. The number of carbonyl (C=O) groups excluding carboxylic acids is 2. The van der Waals surface area contributed by atoms with Gasteiger partial charge in [-0.25, -0.2) is 9.10 Å². The zero-order valence-corrected chi connectivity index (χ0v) is 21.8. The van der Waals surface area contributed by atoms with E-state index in [0.29, 0.717) is 6.29 Å². The molecule has 3 aromatic carbocycles. The summed E-state index contributed by atoms with van der Waals surface area (Å²) in [5.74, 6) is -0.242. The molecule has 0 saturated carbocycles. The van der Waals surface area contributed by atoms with Crippen molar-refractivity contribution < 1.29 is 27.5 Å². The normalized spacial score (nSPS) is 12.5. The largest absolute Gasteiger partial charge is 0.448 e. The van der Waals surface area contributed by atoms with Crippen LogP contribution in [0.5, 0.6) is 0 Å². The monoisotopic (exact) mass is 568 g/mol. The molecule has 1 heterocycles. The van der Waals surface area contributed by atoms with Crippen LogP contribution in [0.2, 0.25) is 5.02 Å². The highest BCUT2D eigenvalue weighted by atomic mass is 35.5. The number of hydrogen-bond acceptors (Lipinski definition) is 5. The zero-order chi connectivity index (χ0) is 27.6. The molecule has 1 aromatic heterocycles. The molecule has 0 unspecified atom stereocenters. The number of aldehydes is 1. The Morgan fingerprint density at radius 3 is 2.33 bits per heavy atom. The number of ether oxygens (including phenoxy) is 1. The van der Waals surface area contributed by atoms with Crippen LogP contribution in [0.3, 0.4) is 0 Å². The van der Waals surface area contributed by atoms with Gasteiger partial charge in [0.1, 0.15) is 6.61 Å². The van der Waals surface area contributed by atoms with E-state index in [4.69, 9.17) is 16.3 Å². The summed E-state index contributed by atoms with van der Waals surface area (Å²) in [5, 5.41) is 0.0884. The topological polar surface area (TPSA) is 59.5 Å². The number of nitrogens with zero attached hydrogens (tertiary/aromatic N) is 2. The number of hydrogen-bond donors (Lipinski definition) is 0. The summed E-state index contributed by atoms with van der Waals surface area (Å²) in [5.41, 5.74) is 3.16. The molecule has 0 bridgehead atoms. The maximum absolute atomic E-state index is 13.8. The molecule has 0 N–H and O–H groups in total. The maximum atomic E-state index is 13.8. The summed E-state index contributed by atoms with van der Waals surface area (Å²) in [6, 6.07) is 20.2. The van der Waals surface area contributed by atoms with Crippen LogP contribution in [0.15, 0.2) is 90.1 Å². The van der Waals surface area contributed by atoms with Crippen molar-refractivity contribution in [3.63, 3.8) is 0 Å². The van der Waals surface area contributed by atoms with Crippen LogP contribution < -0.4 is 0 Å². The maximum Gasteiger partial charge on any atom is 0.420 e. The van der Waals surface area contributed by atoms with Crippen LogP contribution in [0, 0.1) is 0 Å². The molecule has 0 radical (unpaired) electrons. The van der Waals surface area contributed by atoms with Crippen molar-refractivity contribution in [2.75, 3.05) is 6.61 Å². The molecule has 5 rings (SSSR count). The van der Waals surface area contributed by atoms with Crippen molar-refractivity contribution in [3.8, 4) is 11.1 Å². The van der Waals surface area contributed by atoms with Gasteiger partial charge in [0.15, 0.2) is 6.29 Å². The van der Waals surface area contributed by atoms with Crippen LogP contribution in [-0.4, -0.2) is 28.3 Å². The van der Waals surface area contributed by atoms with E-state index < -0.39 is 24.4 Å². The van der Waals surface area contributed by atoms with Crippen LogP contribution in [0.4, 0.5) is 18.0 Å². The summed E-state index contributed by atoms with van der Waals surface area (Å²) in [7, 11) is 0. The first-order valence-corrected chi connectivity index (χ1v) is 13.0. The molecular weight excluding hydrogens is 549 g/mol. The molecule has 0 fully saturated rings. The lowest BCUT2D eigenvalue weighted by Crippen LogP contribution is -2.28. The molecule has 39 heavy (non-hydrogen) atoms. The number of pyridine rings is 1. The van der Waals surface area contributed by atoms with Gasteiger partial charge in [-0.15, -0.1) is 0 Å². The SMILES string of the molecule is O=Cc1ccncc1SN(Cc1cc(Cl)ccc1C(F)(F)F)C(=O)OCC1c2ccccc2-c2ccccc21. The highest BCUT2D eigenvalue weighted by Crippen LogP contribution is 2.45. The fraction of sp³-hybridized carbons (Fsp3) is 0.138. The first kappa shape index (κ1) is 26.8. The summed E-state index contributed by atoms with van der Waals surface area (Å²) >= 11 is 6.79. The number of fused-ring (bicyclic) bond motifs is 3. The van der Waals surface area contributed by atoms with Crippen molar-refractivity contribution >= 4 is 35.9 Å². The van der Waals surface area contributed by atoms with Gasteiger partial charge in [-0.2, -0.15) is 13.2 Å². The van der Waals surface area contributed by atoms with Gasteiger partial charge < -0.3 is 4.74 Å². The number of alkyl halides is 3. The Hall–Kier alpha value is -3.82. The minimum absolute atomic E-state index is 0.0286. The van der Waals surface area contributed by atoms with Gasteiger partial charge in [-0.1, -0.05) is 60.1 Å². The number of benzene rings is 3. The molecule has 0 atom stereocenters. The van der Waals surface area contributed by atoms with E-state index in [1.165, 1.54) is 24.5 Å². The van der Waals surface area contributed by atoms with E-state index >= 15 is 0 Å². The van der Waals surface area contributed by atoms with E-state index in [-0.39, 0.29) is 33.6 Å². The Morgan fingerprint density at radius 2 is 1.69 bits per heavy atom. The van der Waals surface area contributed by atoms with Crippen molar-refractivity contribution in [3.05, 3.63) is 118 Å². The Labute approximate surface area is 231 Å². The number of amides is 1. The summed E-state index contributed by atoms with van der Waals surface area (Å²) in [6.07, 6.45) is -2.18. The van der Waals surface area contributed by atoms with Crippen LogP contribution in [0.1, 0.15) is 38.5 Å². The third-order valence-corrected chi connectivity index (χ3v) is 7.65. The first-order chi connectivity index (χ1) is 18.8.